The number of hydrogen-bond donors (Lipinski definition) is 3. The van der Waals surface area contributed by atoms with Crippen molar-refractivity contribution in [3.63, 3.8) is 0 Å². The molecule has 10 heteroatoms. The van der Waals surface area contributed by atoms with Crippen molar-refractivity contribution in [1.82, 2.24) is 15.0 Å². The van der Waals surface area contributed by atoms with Crippen molar-refractivity contribution in [2.45, 2.75) is 19.4 Å². The average molecular weight is 425 g/mol. The van der Waals surface area contributed by atoms with Crippen molar-refractivity contribution in [1.29, 1.82) is 0 Å². The highest BCUT2D eigenvalue weighted by Crippen LogP contribution is 2.27. The molecule has 162 valence electrons. The highest BCUT2D eigenvalue weighted by molar-refractivity contribution is 5.69. The standard InChI is InChI=1S/C21H23N5O5/c1-29-16-6-4-3-5-14(16)23-21-25-18(24-20(22)26-21)12-31-19(28)10-8-13-7-9-17(30-2)15(27)11-13/h3-7,9,11,27H,8,10,12H2,1-2H3,(H3,22,23,24,25,26). The molecule has 4 N–H and O–H groups in total. The van der Waals surface area contributed by atoms with Gasteiger partial charge in [0.25, 0.3) is 0 Å². The van der Waals surface area contributed by atoms with Crippen LogP contribution in [0.3, 0.4) is 0 Å². The van der Waals surface area contributed by atoms with E-state index in [9.17, 15) is 9.90 Å². The molecule has 0 atom stereocenters. The molecule has 0 aliphatic carbocycles. The molecule has 10 nitrogen and oxygen atoms in total. The zero-order chi connectivity index (χ0) is 22.2. The second-order valence-corrected chi connectivity index (χ2v) is 6.43. The average Bonchev–Trinajstić information content (AvgIpc) is 2.76. The van der Waals surface area contributed by atoms with Gasteiger partial charge in [0.2, 0.25) is 11.9 Å². The number of phenolic OH excluding ortho intramolecular Hbond substituents is 1. The molecule has 0 amide bonds. The molecule has 0 bridgehead atoms. The number of ether oxygens (including phenoxy) is 3. The summed E-state index contributed by atoms with van der Waals surface area (Å²) in [5.74, 6) is 0.970. The zero-order valence-corrected chi connectivity index (χ0v) is 17.2. The number of hydrogen-bond acceptors (Lipinski definition) is 10. The normalized spacial score (nSPS) is 10.4. The van der Waals surface area contributed by atoms with Crippen molar-refractivity contribution >= 4 is 23.6 Å². The van der Waals surface area contributed by atoms with Crippen molar-refractivity contribution < 1.29 is 24.1 Å². The smallest absolute Gasteiger partial charge is 0.306 e. The molecule has 0 saturated heterocycles. The van der Waals surface area contributed by atoms with Crippen molar-refractivity contribution in [2.75, 3.05) is 25.3 Å². The first-order valence-electron chi connectivity index (χ1n) is 9.40. The summed E-state index contributed by atoms with van der Waals surface area (Å²) in [7, 11) is 3.03. The van der Waals surface area contributed by atoms with Crippen LogP contribution in [0.25, 0.3) is 0 Å². The van der Waals surface area contributed by atoms with Gasteiger partial charge in [0.05, 0.1) is 19.9 Å². The number of benzene rings is 2. The van der Waals surface area contributed by atoms with Gasteiger partial charge in [0.1, 0.15) is 5.75 Å². The maximum atomic E-state index is 12.1. The van der Waals surface area contributed by atoms with E-state index in [1.165, 1.54) is 7.11 Å². The number of carbonyl (C=O) groups is 1. The molecule has 0 saturated carbocycles. The third-order valence-corrected chi connectivity index (χ3v) is 4.28. The van der Waals surface area contributed by atoms with Crippen LogP contribution in [0.1, 0.15) is 17.8 Å². The summed E-state index contributed by atoms with van der Waals surface area (Å²) in [4.78, 5) is 24.4. The molecule has 0 aliphatic rings. The highest BCUT2D eigenvalue weighted by Gasteiger charge is 2.11. The summed E-state index contributed by atoms with van der Waals surface area (Å²) < 4.78 is 15.5. The van der Waals surface area contributed by atoms with E-state index in [4.69, 9.17) is 19.9 Å². The van der Waals surface area contributed by atoms with Crippen LogP contribution in [0.2, 0.25) is 0 Å². The Morgan fingerprint density at radius 1 is 1.06 bits per heavy atom. The van der Waals surface area contributed by atoms with E-state index in [2.05, 4.69) is 20.3 Å². The van der Waals surface area contributed by atoms with Crippen LogP contribution in [0.5, 0.6) is 17.2 Å². The fourth-order valence-corrected chi connectivity index (χ4v) is 2.78. The van der Waals surface area contributed by atoms with Gasteiger partial charge in [0.15, 0.2) is 23.9 Å². The molecule has 0 radical (unpaired) electrons. The Bertz CT molecular complexity index is 1060. The summed E-state index contributed by atoms with van der Waals surface area (Å²) in [6.45, 7) is -0.153. The van der Waals surface area contributed by atoms with Crippen LogP contribution in [0.4, 0.5) is 17.6 Å². The number of carbonyl (C=O) groups excluding carboxylic acids is 1. The largest absolute Gasteiger partial charge is 0.504 e. The number of nitrogen functional groups attached to an aromatic ring is 1. The van der Waals surface area contributed by atoms with Crippen LogP contribution in [0.15, 0.2) is 42.5 Å². The third-order valence-electron chi connectivity index (χ3n) is 4.28. The van der Waals surface area contributed by atoms with Gasteiger partial charge in [-0.25, -0.2) is 0 Å². The molecule has 31 heavy (non-hydrogen) atoms. The molecule has 1 heterocycles. The number of aromatic nitrogens is 3. The quantitative estimate of drug-likeness (QED) is 0.438. The lowest BCUT2D eigenvalue weighted by molar-refractivity contribution is -0.145. The topological polar surface area (TPSA) is 142 Å². The second kappa shape index (κ2) is 10.1. The van der Waals surface area contributed by atoms with Crippen molar-refractivity contribution in [3.8, 4) is 17.2 Å². The van der Waals surface area contributed by atoms with Crippen LogP contribution < -0.4 is 20.5 Å². The Morgan fingerprint density at radius 3 is 2.58 bits per heavy atom. The van der Waals surface area contributed by atoms with Crippen LogP contribution in [0, 0.1) is 0 Å². The van der Waals surface area contributed by atoms with Gasteiger partial charge in [-0.15, -0.1) is 0 Å². The number of phenols is 1. The Hall–Kier alpha value is -4.08. The Morgan fingerprint density at radius 2 is 1.84 bits per heavy atom. The van der Waals surface area contributed by atoms with Crippen LogP contribution in [-0.2, 0) is 22.6 Å². The van der Waals surface area contributed by atoms with E-state index >= 15 is 0 Å². The minimum absolute atomic E-state index is 0.00726. The third kappa shape index (κ3) is 5.95. The highest BCUT2D eigenvalue weighted by atomic mass is 16.5. The van der Waals surface area contributed by atoms with Gasteiger partial charge in [0, 0.05) is 6.42 Å². The Labute approximate surface area is 179 Å². The van der Waals surface area contributed by atoms with E-state index < -0.39 is 5.97 Å². The molecule has 0 unspecified atom stereocenters. The summed E-state index contributed by atoms with van der Waals surface area (Å²) in [5.41, 5.74) is 7.19. The number of nitrogens with zero attached hydrogens (tertiary/aromatic N) is 3. The van der Waals surface area contributed by atoms with Gasteiger partial charge < -0.3 is 30.4 Å². The maximum Gasteiger partial charge on any atom is 0.306 e. The minimum atomic E-state index is -0.437. The number of rotatable bonds is 9. The molecule has 1 aromatic heterocycles. The summed E-state index contributed by atoms with van der Waals surface area (Å²) in [6.07, 6.45) is 0.523. The Kier molecular flexibility index (Phi) is 7.05. The fraction of sp³-hybridized carbons (Fsp3) is 0.238. The Balaban J connectivity index is 1.57. The van der Waals surface area contributed by atoms with E-state index in [-0.39, 0.29) is 36.5 Å². The van der Waals surface area contributed by atoms with Crippen LogP contribution >= 0.6 is 0 Å². The van der Waals surface area contributed by atoms with Gasteiger partial charge >= 0.3 is 5.97 Å². The van der Waals surface area contributed by atoms with Gasteiger partial charge in [-0.2, -0.15) is 15.0 Å². The number of nitrogens with two attached hydrogens (primary N) is 1. The van der Waals surface area contributed by atoms with Crippen molar-refractivity contribution in [2.24, 2.45) is 0 Å². The number of esters is 1. The second-order valence-electron chi connectivity index (χ2n) is 6.43. The molecule has 0 fully saturated rings. The van der Waals surface area contributed by atoms with E-state index in [1.54, 1.807) is 37.4 Å². The zero-order valence-electron chi connectivity index (χ0n) is 17.2. The number of aromatic hydroxyl groups is 1. The molecule has 3 rings (SSSR count). The predicted octanol–water partition coefficient (Wildman–Crippen LogP) is 2.60. The van der Waals surface area contributed by atoms with E-state index in [0.29, 0.717) is 23.6 Å². The van der Waals surface area contributed by atoms with Gasteiger partial charge in [-0.1, -0.05) is 18.2 Å². The SMILES string of the molecule is COc1ccc(CCC(=O)OCc2nc(N)nc(Nc3ccccc3OC)n2)cc1O. The first-order chi connectivity index (χ1) is 15.0. The number of methoxy groups -OCH3 is 2. The number of para-hydroxylation sites is 2. The van der Waals surface area contributed by atoms with Gasteiger partial charge in [-0.05, 0) is 36.2 Å². The molecule has 2 aromatic carbocycles. The van der Waals surface area contributed by atoms with E-state index in [1.807, 2.05) is 12.1 Å². The molecule has 3 aromatic rings. The van der Waals surface area contributed by atoms with E-state index in [0.717, 1.165) is 5.56 Å². The predicted molar refractivity (Wildman–Crippen MR) is 113 cm³/mol. The van der Waals surface area contributed by atoms with Gasteiger partial charge in [-0.3, -0.25) is 4.79 Å². The maximum absolute atomic E-state index is 12.1. The first-order valence-corrected chi connectivity index (χ1v) is 9.40. The monoisotopic (exact) mass is 425 g/mol. The lowest BCUT2D eigenvalue weighted by Gasteiger charge is -2.11. The molecule has 0 aliphatic heterocycles. The first kappa shape index (κ1) is 21.6. The fourth-order valence-electron chi connectivity index (χ4n) is 2.78. The molecular weight excluding hydrogens is 402 g/mol. The van der Waals surface area contributed by atoms with Crippen LogP contribution in [-0.4, -0.2) is 40.2 Å². The number of nitrogens with one attached hydrogen (secondary N) is 1. The minimum Gasteiger partial charge on any atom is -0.504 e. The van der Waals surface area contributed by atoms with Crippen molar-refractivity contribution in [3.05, 3.63) is 53.9 Å². The molecular formula is C21H23N5O5. The number of aryl methyl sites for hydroxylation is 1. The number of anilines is 3. The molecule has 0 spiro atoms. The lowest BCUT2D eigenvalue weighted by atomic mass is 10.1. The lowest BCUT2D eigenvalue weighted by Crippen LogP contribution is -2.11. The summed E-state index contributed by atoms with van der Waals surface area (Å²) in [6, 6.07) is 12.2. The summed E-state index contributed by atoms with van der Waals surface area (Å²) >= 11 is 0. The summed E-state index contributed by atoms with van der Waals surface area (Å²) in [5, 5.41) is 12.8.